The van der Waals surface area contributed by atoms with Gasteiger partial charge < -0.3 is 14.4 Å². The molecule has 1 amide bonds. The summed E-state index contributed by atoms with van der Waals surface area (Å²) >= 11 is 0. The fourth-order valence-electron chi connectivity index (χ4n) is 1.81. The van der Waals surface area contributed by atoms with Crippen molar-refractivity contribution in [3.05, 3.63) is 23.8 Å². The van der Waals surface area contributed by atoms with Gasteiger partial charge in [0.2, 0.25) is 5.91 Å². The molecule has 20 heavy (non-hydrogen) atoms. The fourth-order valence-corrected chi connectivity index (χ4v) is 1.81. The standard InChI is InChI=1S/C15H21NO4/c1-11(17)9-15(18)16(2)8-7-12-5-6-13(19-3)14(10-12)20-4/h5-6,10H,7-9H2,1-4H3. The maximum Gasteiger partial charge on any atom is 0.229 e. The van der Waals surface area contributed by atoms with E-state index in [0.717, 1.165) is 5.56 Å². The van der Waals surface area contributed by atoms with Gasteiger partial charge in [0.25, 0.3) is 0 Å². The van der Waals surface area contributed by atoms with Crippen molar-refractivity contribution in [2.75, 3.05) is 27.8 Å². The molecule has 0 aliphatic carbocycles. The third kappa shape index (κ3) is 4.57. The van der Waals surface area contributed by atoms with Gasteiger partial charge in [-0.25, -0.2) is 0 Å². The van der Waals surface area contributed by atoms with Gasteiger partial charge in [-0.3, -0.25) is 9.59 Å². The van der Waals surface area contributed by atoms with Gasteiger partial charge in [-0.1, -0.05) is 6.07 Å². The fraction of sp³-hybridized carbons (Fsp3) is 0.467. The topological polar surface area (TPSA) is 55.8 Å². The predicted molar refractivity (Wildman–Crippen MR) is 76.2 cm³/mol. The SMILES string of the molecule is COc1ccc(CCN(C)C(=O)CC(C)=O)cc1OC. The largest absolute Gasteiger partial charge is 0.493 e. The quantitative estimate of drug-likeness (QED) is 0.713. The lowest BCUT2D eigenvalue weighted by Crippen LogP contribution is -2.30. The third-order valence-electron chi connectivity index (χ3n) is 3.01. The van der Waals surface area contributed by atoms with E-state index in [2.05, 4.69) is 0 Å². The summed E-state index contributed by atoms with van der Waals surface area (Å²) in [5.41, 5.74) is 1.05. The highest BCUT2D eigenvalue weighted by atomic mass is 16.5. The highest BCUT2D eigenvalue weighted by Crippen LogP contribution is 2.27. The van der Waals surface area contributed by atoms with E-state index in [1.807, 2.05) is 18.2 Å². The van der Waals surface area contributed by atoms with E-state index in [9.17, 15) is 9.59 Å². The number of Topliss-reactive ketones (excluding diaryl/α,β-unsaturated/α-hetero) is 1. The molecule has 0 aliphatic rings. The van der Waals surface area contributed by atoms with Crippen molar-refractivity contribution in [1.29, 1.82) is 0 Å². The van der Waals surface area contributed by atoms with Crippen molar-refractivity contribution in [3.63, 3.8) is 0 Å². The van der Waals surface area contributed by atoms with Gasteiger partial charge in [0.15, 0.2) is 11.5 Å². The van der Waals surface area contributed by atoms with Crippen molar-refractivity contribution in [2.24, 2.45) is 0 Å². The number of amides is 1. The van der Waals surface area contributed by atoms with Crippen molar-refractivity contribution in [1.82, 2.24) is 4.90 Å². The molecule has 0 heterocycles. The van der Waals surface area contributed by atoms with Crippen LogP contribution in [0.3, 0.4) is 0 Å². The van der Waals surface area contributed by atoms with E-state index in [0.29, 0.717) is 24.5 Å². The van der Waals surface area contributed by atoms with E-state index in [1.54, 1.807) is 26.2 Å². The molecule has 1 rings (SSSR count). The van der Waals surface area contributed by atoms with E-state index < -0.39 is 0 Å². The Morgan fingerprint density at radius 1 is 1.15 bits per heavy atom. The number of hydrogen-bond acceptors (Lipinski definition) is 4. The molecule has 110 valence electrons. The lowest BCUT2D eigenvalue weighted by molar-refractivity contribution is -0.133. The second kappa shape index (κ2) is 7.53. The van der Waals surface area contributed by atoms with Crippen LogP contribution in [0.25, 0.3) is 0 Å². The first-order valence-electron chi connectivity index (χ1n) is 6.42. The smallest absolute Gasteiger partial charge is 0.229 e. The van der Waals surface area contributed by atoms with E-state index in [4.69, 9.17) is 9.47 Å². The molecule has 0 bridgehead atoms. The van der Waals surface area contributed by atoms with Gasteiger partial charge in [0, 0.05) is 13.6 Å². The lowest BCUT2D eigenvalue weighted by atomic mass is 10.1. The van der Waals surface area contributed by atoms with E-state index in [1.165, 1.54) is 6.92 Å². The van der Waals surface area contributed by atoms with Gasteiger partial charge in [-0.15, -0.1) is 0 Å². The molecule has 0 unspecified atom stereocenters. The summed E-state index contributed by atoms with van der Waals surface area (Å²) in [5.74, 6) is 1.07. The third-order valence-corrected chi connectivity index (χ3v) is 3.01. The molecule has 0 aromatic heterocycles. The minimum Gasteiger partial charge on any atom is -0.493 e. The Balaban J connectivity index is 2.61. The molecule has 5 nitrogen and oxygen atoms in total. The number of benzene rings is 1. The summed E-state index contributed by atoms with van der Waals surface area (Å²) in [6.07, 6.45) is 0.656. The van der Waals surface area contributed by atoms with Crippen LogP contribution in [0.2, 0.25) is 0 Å². The molecule has 0 saturated carbocycles. The summed E-state index contributed by atoms with van der Waals surface area (Å²) < 4.78 is 10.4. The number of rotatable bonds is 7. The average molecular weight is 279 g/mol. The van der Waals surface area contributed by atoms with Crippen LogP contribution in [-0.2, 0) is 16.0 Å². The van der Waals surface area contributed by atoms with Crippen LogP contribution in [0.4, 0.5) is 0 Å². The maximum atomic E-state index is 11.7. The number of methoxy groups -OCH3 is 2. The van der Waals surface area contributed by atoms with Crippen LogP contribution in [0.15, 0.2) is 18.2 Å². The molecule has 0 fully saturated rings. The summed E-state index contributed by atoms with van der Waals surface area (Å²) in [5, 5.41) is 0. The first-order chi connectivity index (χ1) is 9.47. The molecule has 0 N–H and O–H groups in total. The highest BCUT2D eigenvalue weighted by Gasteiger charge is 2.11. The van der Waals surface area contributed by atoms with Gasteiger partial charge in [0.1, 0.15) is 5.78 Å². The van der Waals surface area contributed by atoms with Crippen molar-refractivity contribution >= 4 is 11.7 Å². The van der Waals surface area contributed by atoms with Gasteiger partial charge in [0.05, 0.1) is 20.6 Å². The van der Waals surface area contributed by atoms with Crippen molar-refractivity contribution in [2.45, 2.75) is 19.8 Å². The second-order valence-electron chi connectivity index (χ2n) is 4.63. The van der Waals surface area contributed by atoms with Crippen LogP contribution < -0.4 is 9.47 Å². The molecule has 5 heteroatoms. The van der Waals surface area contributed by atoms with Crippen molar-refractivity contribution in [3.8, 4) is 11.5 Å². The normalized spacial score (nSPS) is 10.0. The Labute approximate surface area is 119 Å². The molecule has 0 atom stereocenters. The monoisotopic (exact) mass is 279 g/mol. The molecule has 1 aromatic carbocycles. The number of ether oxygens (including phenoxy) is 2. The second-order valence-corrected chi connectivity index (χ2v) is 4.63. The van der Waals surface area contributed by atoms with Gasteiger partial charge in [-0.05, 0) is 31.0 Å². The number of likely N-dealkylation sites (N-methyl/N-ethyl adjacent to an activating group) is 1. The minimum absolute atomic E-state index is 0.0393. The van der Waals surface area contributed by atoms with Gasteiger partial charge in [-0.2, -0.15) is 0 Å². The van der Waals surface area contributed by atoms with Crippen LogP contribution in [0, 0.1) is 0 Å². The highest BCUT2D eigenvalue weighted by molar-refractivity contribution is 5.96. The Kier molecular flexibility index (Phi) is 6.03. The molecule has 0 aliphatic heterocycles. The van der Waals surface area contributed by atoms with Crippen molar-refractivity contribution < 1.29 is 19.1 Å². The molecule has 0 radical (unpaired) electrons. The van der Waals surface area contributed by atoms with Crippen LogP contribution in [-0.4, -0.2) is 44.4 Å². The lowest BCUT2D eigenvalue weighted by Gasteiger charge is -2.17. The molecule has 0 spiro atoms. The summed E-state index contributed by atoms with van der Waals surface area (Å²) in [4.78, 5) is 24.1. The molecular weight excluding hydrogens is 258 g/mol. The predicted octanol–water partition coefficient (Wildman–Crippen LogP) is 1.68. The van der Waals surface area contributed by atoms with E-state index >= 15 is 0 Å². The van der Waals surface area contributed by atoms with Crippen LogP contribution >= 0.6 is 0 Å². The Bertz CT molecular complexity index is 485. The Morgan fingerprint density at radius 3 is 2.35 bits per heavy atom. The zero-order valence-corrected chi connectivity index (χ0v) is 12.4. The number of hydrogen-bond donors (Lipinski definition) is 0. The average Bonchev–Trinajstić information content (AvgIpc) is 2.43. The van der Waals surface area contributed by atoms with Gasteiger partial charge >= 0.3 is 0 Å². The van der Waals surface area contributed by atoms with E-state index in [-0.39, 0.29) is 18.1 Å². The first-order valence-corrected chi connectivity index (χ1v) is 6.42. The zero-order chi connectivity index (χ0) is 15.1. The number of nitrogens with zero attached hydrogens (tertiary/aromatic N) is 1. The van der Waals surface area contributed by atoms with Crippen LogP contribution in [0.1, 0.15) is 18.9 Å². The minimum atomic E-state index is -0.155. The number of carbonyl (C=O) groups is 2. The molecule has 0 saturated heterocycles. The maximum absolute atomic E-state index is 11.7. The Morgan fingerprint density at radius 2 is 1.80 bits per heavy atom. The number of ketones is 1. The Hall–Kier alpha value is -2.04. The van der Waals surface area contributed by atoms with Crippen LogP contribution in [0.5, 0.6) is 11.5 Å². The molecular formula is C15H21NO4. The summed E-state index contributed by atoms with van der Waals surface area (Å²) in [6.45, 7) is 1.97. The number of carbonyl (C=O) groups excluding carboxylic acids is 2. The summed E-state index contributed by atoms with van der Waals surface area (Å²) in [6, 6.07) is 5.67. The zero-order valence-electron chi connectivity index (χ0n) is 12.4. The molecule has 1 aromatic rings. The summed E-state index contributed by atoms with van der Waals surface area (Å²) in [7, 11) is 4.88. The first kappa shape index (κ1) is 16.0.